The maximum absolute atomic E-state index is 12.8. The Balaban J connectivity index is 1.27. The lowest BCUT2D eigenvalue weighted by Gasteiger charge is -2.37. The predicted octanol–water partition coefficient (Wildman–Crippen LogP) is 7.01. The van der Waals surface area contributed by atoms with Crippen LogP contribution in [0, 0.1) is 0 Å². The van der Waals surface area contributed by atoms with Gasteiger partial charge in [0.15, 0.2) is 0 Å². The minimum Gasteiger partial charge on any atom is -0.427 e. The van der Waals surface area contributed by atoms with Crippen LogP contribution in [-0.2, 0) is 27.5 Å². The molecule has 218 valence electrons. The van der Waals surface area contributed by atoms with E-state index in [-0.39, 0.29) is 17.9 Å². The van der Waals surface area contributed by atoms with E-state index in [1.807, 2.05) is 87.5 Å². The molecule has 4 aromatic carbocycles. The molecular weight excluding hydrogens is 528 g/mol. The zero-order valence-electron chi connectivity index (χ0n) is 24.4. The van der Waals surface area contributed by atoms with Crippen LogP contribution in [-0.4, -0.2) is 41.9 Å². The number of carbonyl (C=O) groups is 2. The Labute approximate surface area is 247 Å². The number of carbonyl (C=O) groups excluding carboxylic acids is 2. The van der Waals surface area contributed by atoms with Crippen molar-refractivity contribution in [2.24, 2.45) is 0 Å². The molecule has 0 spiro atoms. The van der Waals surface area contributed by atoms with Gasteiger partial charge in [0.25, 0.3) is 5.91 Å². The Morgan fingerprint density at radius 3 is 2.31 bits per heavy atom. The van der Waals surface area contributed by atoms with Gasteiger partial charge in [0.1, 0.15) is 5.60 Å². The molecule has 1 heterocycles. The monoisotopic (exact) mass is 566 g/mol. The highest BCUT2D eigenvalue weighted by molar-refractivity contribution is 5.94. The standard InChI is InChI=1S/C35H38N2O5/c1-35(2,3)41-34(39)42-37-20-19-31(32(23-37)40-24-26-13-14-27-11-7-8-12-30(27)21-26)28-15-17-29(18-16-28)33(38)36-22-25-9-5-4-6-10-25/h4-18,21,31-32H,19-20,22-24H2,1-3H3,(H,36,38). The van der Waals surface area contributed by atoms with Gasteiger partial charge in [0, 0.05) is 24.6 Å². The number of amides is 1. The zero-order valence-corrected chi connectivity index (χ0v) is 24.4. The maximum atomic E-state index is 12.8. The van der Waals surface area contributed by atoms with Crippen molar-refractivity contribution in [3.05, 3.63) is 119 Å². The van der Waals surface area contributed by atoms with Crippen molar-refractivity contribution in [3.8, 4) is 0 Å². The molecular formula is C35H38N2O5. The largest absolute Gasteiger partial charge is 0.528 e. The van der Waals surface area contributed by atoms with Gasteiger partial charge in [-0.15, -0.1) is 5.06 Å². The molecule has 1 saturated heterocycles. The SMILES string of the molecule is CC(C)(C)OC(=O)ON1CCC(c2ccc(C(=O)NCc3ccccc3)cc2)C(OCc2ccc3ccccc3c2)C1. The third-order valence-electron chi connectivity index (χ3n) is 7.29. The third-order valence-corrected chi connectivity index (χ3v) is 7.29. The van der Waals surface area contributed by atoms with Crippen molar-refractivity contribution in [3.63, 3.8) is 0 Å². The molecule has 0 aromatic heterocycles. The summed E-state index contributed by atoms with van der Waals surface area (Å²) in [6, 6.07) is 32.1. The summed E-state index contributed by atoms with van der Waals surface area (Å²) in [7, 11) is 0. The highest BCUT2D eigenvalue weighted by atomic mass is 16.8. The number of nitrogens with one attached hydrogen (secondary N) is 1. The number of nitrogens with zero attached hydrogens (tertiary/aromatic N) is 1. The van der Waals surface area contributed by atoms with Gasteiger partial charge in [-0.25, -0.2) is 4.79 Å². The second-order valence-corrected chi connectivity index (χ2v) is 11.7. The van der Waals surface area contributed by atoms with Crippen LogP contribution in [0.2, 0.25) is 0 Å². The molecule has 0 radical (unpaired) electrons. The molecule has 7 nitrogen and oxygen atoms in total. The summed E-state index contributed by atoms with van der Waals surface area (Å²) < 4.78 is 11.9. The summed E-state index contributed by atoms with van der Waals surface area (Å²) in [6.45, 7) is 7.26. The van der Waals surface area contributed by atoms with E-state index < -0.39 is 11.8 Å². The Bertz CT molecular complexity index is 1500. The molecule has 2 unspecified atom stereocenters. The Morgan fingerprint density at radius 2 is 1.57 bits per heavy atom. The zero-order chi connectivity index (χ0) is 29.5. The first kappa shape index (κ1) is 29.3. The summed E-state index contributed by atoms with van der Waals surface area (Å²) in [4.78, 5) is 30.7. The summed E-state index contributed by atoms with van der Waals surface area (Å²) in [5, 5.41) is 6.95. The number of hydrogen-bond donors (Lipinski definition) is 1. The molecule has 1 aliphatic rings. The van der Waals surface area contributed by atoms with Gasteiger partial charge in [-0.2, -0.15) is 0 Å². The van der Waals surface area contributed by atoms with Gasteiger partial charge in [-0.1, -0.05) is 78.9 Å². The van der Waals surface area contributed by atoms with Crippen molar-refractivity contribution in [2.45, 2.75) is 58.0 Å². The number of fused-ring (bicyclic) bond motifs is 1. The van der Waals surface area contributed by atoms with Crippen LogP contribution in [0.5, 0.6) is 0 Å². The summed E-state index contributed by atoms with van der Waals surface area (Å²) in [5.74, 6) is -0.0551. The van der Waals surface area contributed by atoms with Crippen LogP contribution in [0.4, 0.5) is 4.79 Å². The second-order valence-electron chi connectivity index (χ2n) is 11.7. The summed E-state index contributed by atoms with van der Waals surface area (Å²) in [5.41, 5.74) is 3.16. The van der Waals surface area contributed by atoms with Crippen molar-refractivity contribution >= 4 is 22.8 Å². The van der Waals surface area contributed by atoms with E-state index >= 15 is 0 Å². The molecule has 0 saturated carbocycles. The van der Waals surface area contributed by atoms with E-state index in [0.29, 0.717) is 38.2 Å². The van der Waals surface area contributed by atoms with Crippen molar-refractivity contribution < 1.29 is 23.9 Å². The molecule has 1 amide bonds. The summed E-state index contributed by atoms with van der Waals surface area (Å²) >= 11 is 0. The average Bonchev–Trinajstić information content (AvgIpc) is 2.98. The van der Waals surface area contributed by atoms with Crippen LogP contribution in [0.15, 0.2) is 97.1 Å². The van der Waals surface area contributed by atoms with Gasteiger partial charge in [-0.3, -0.25) is 4.79 Å². The molecule has 4 aromatic rings. The summed E-state index contributed by atoms with van der Waals surface area (Å²) in [6.07, 6.45) is -0.254. The number of benzene rings is 4. The van der Waals surface area contributed by atoms with Crippen LogP contribution < -0.4 is 5.32 Å². The number of ether oxygens (including phenoxy) is 2. The van der Waals surface area contributed by atoms with Gasteiger partial charge < -0.3 is 19.6 Å². The van der Waals surface area contributed by atoms with E-state index in [1.54, 1.807) is 5.06 Å². The lowest BCUT2D eigenvalue weighted by Crippen LogP contribution is -2.45. The first-order chi connectivity index (χ1) is 20.2. The van der Waals surface area contributed by atoms with E-state index in [9.17, 15) is 9.59 Å². The topological polar surface area (TPSA) is 77.1 Å². The maximum Gasteiger partial charge on any atom is 0.528 e. The van der Waals surface area contributed by atoms with Crippen molar-refractivity contribution in [1.29, 1.82) is 0 Å². The van der Waals surface area contributed by atoms with Crippen LogP contribution >= 0.6 is 0 Å². The van der Waals surface area contributed by atoms with E-state index in [4.69, 9.17) is 14.3 Å². The van der Waals surface area contributed by atoms with Gasteiger partial charge in [0.2, 0.25) is 0 Å². The van der Waals surface area contributed by atoms with E-state index in [1.165, 1.54) is 5.39 Å². The molecule has 42 heavy (non-hydrogen) atoms. The van der Waals surface area contributed by atoms with Crippen LogP contribution in [0.25, 0.3) is 10.8 Å². The minimum absolute atomic E-state index is 0.0605. The fourth-order valence-electron chi connectivity index (χ4n) is 5.19. The van der Waals surface area contributed by atoms with Gasteiger partial charge >= 0.3 is 6.16 Å². The smallest absolute Gasteiger partial charge is 0.427 e. The first-order valence-corrected chi connectivity index (χ1v) is 14.4. The number of hydrogen-bond acceptors (Lipinski definition) is 6. The molecule has 1 fully saturated rings. The van der Waals surface area contributed by atoms with Gasteiger partial charge in [0.05, 0.1) is 19.3 Å². The minimum atomic E-state index is -0.722. The lowest BCUT2D eigenvalue weighted by atomic mass is 9.87. The highest BCUT2D eigenvalue weighted by Crippen LogP contribution is 2.32. The van der Waals surface area contributed by atoms with Crippen molar-refractivity contribution in [2.75, 3.05) is 13.1 Å². The lowest BCUT2D eigenvalue weighted by molar-refractivity contribution is -0.179. The molecule has 0 aliphatic carbocycles. The molecule has 1 aliphatic heterocycles. The Hall–Kier alpha value is -4.20. The third kappa shape index (κ3) is 7.96. The molecule has 1 N–H and O–H groups in total. The fraction of sp³-hybridized carbons (Fsp3) is 0.314. The van der Waals surface area contributed by atoms with E-state index in [0.717, 1.165) is 22.1 Å². The van der Waals surface area contributed by atoms with E-state index in [2.05, 4.69) is 35.6 Å². The van der Waals surface area contributed by atoms with Crippen LogP contribution in [0.1, 0.15) is 60.2 Å². The quantitative estimate of drug-likeness (QED) is 0.231. The molecule has 5 rings (SSSR count). The van der Waals surface area contributed by atoms with Gasteiger partial charge in [-0.05, 0) is 72.9 Å². The molecule has 0 bridgehead atoms. The normalized spacial score (nSPS) is 17.5. The first-order valence-electron chi connectivity index (χ1n) is 14.4. The Kier molecular flexibility index (Phi) is 9.20. The number of hydroxylamine groups is 2. The number of rotatable bonds is 8. The predicted molar refractivity (Wildman–Crippen MR) is 163 cm³/mol. The number of piperidine rings is 1. The van der Waals surface area contributed by atoms with Crippen molar-refractivity contribution in [1.82, 2.24) is 10.4 Å². The molecule has 2 atom stereocenters. The average molecular weight is 567 g/mol. The second kappa shape index (κ2) is 13.2. The van der Waals surface area contributed by atoms with Crippen LogP contribution in [0.3, 0.4) is 0 Å². The molecule has 7 heteroatoms. The highest BCUT2D eigenvalue weighted by Gasteiger charge is 2.34. The fourth-order valence-corrected chi connectivity index (χ4v) is 5.19. The Morgan fingerprint density at radius 1 is 0.857 bits per heavy atom.